The van der Waals surface area contributed by atoms with Gasteiger partial charge in [0.2, 0.25) is 5.91 Å². The van der Waals surface area contributed by atoms with Crippen LogP contribution in [0.15, 0.2) is 41.8 Å². The monoisotopic (exact) mass is 376 g/mol. The number of hydrogen-bond donors (Lipinski definition) is 1. The highest BCUT2D eigenvalue weighted by molar-refractivity contribution is 7.10. The maximum Gasteiger partial charge on any atom is 0.231 e. The Morgan fingerprint density at radius 1 is 1.24 bits per heavy atom. The maximum absolute atomic E-state index is 13.2. The Morgan fingerprint density at radius 3 is 2.56 bits per heavy atom. The van der Waals surface area contributed by atoms with Crippen LogP contribution in [0.4, 0.5) is 0 Å². The lowest BCUT2D eigenvalue weighted by Gasteiger charge is -2.30. The van der Waals surface area contributed by atoms with Crippen LogP contribution in [0.5, 0.6) is 0 Å². The maximum atomic E-state index is 13.2. The van der Waals surface area contributed by atoms with E-state index >= 15 is 0 Å². The van der Waals surface area contributed by atoms with Gasteiger partial charge in [-0.1, -0.05) is 48.7 Å². The van der Waals surface area contributed by atoms with Gasteiger partial charge >= 0.3 is 0 Å². The topological polar surface area (TPSA) is 32.3 Å². The van der Waals surface area contributed by atoms with Crippen molar-refractivity contribution in [1.29, 1.82) is 0 Å². The second kappa shape index (κ2) is 7.90. The van der Waals surface area contributed by atoms with E-state index in [2.05, 4.69) is 21.7 Å². The number of hydrogen-bond acceptors (Lipinski definition) is 3. The molecule has 134 valence electrons. The number of nitrogens with zero attached hydrogens (tertiary/aromatic N) is 1. The van der Waals surface area contributed by atoms with Crippen LogP contribution in [0.3, 0.4) is 0 Å². The van der Waals surface area contributed by atoms with Gasteiger partial charge in [0.25, 0.3) is 0 Å². The predicted octanol–water partition coefficient (Wildman–Crippen LogP) is 4.63. The van der Waals surface area contributed by atoms with Gasteiger partial charge in [-0.05, 0) is 50.0 Å². The zero-order valence-corrected chi connectivity index (χ0v) is 16.4. The van der Waals surface area contributed by atoms with Crippen LogP contribution in [0.1, 0.15) is 42.2 Å². The number of carbonyl (C=O) groups is 1. The highest BCUT2D eigenvalue weighted by Crippen LogP contribution is 2.43. The molecule has 0 radical (unpaired) electrons. The van der Waals surface area contributed by atoms with Crippen LogP contribution in [0.25, 0.3) is 0 Å². The van der Waals surface area contributed by atoms with Gasteiger partial charge in [0.05, 0.1) is 11.5 Å². The van der Waals surface area contributed by atoms with E-state index in [1.165, 1.54) is 4.88 Å². The number of rotatable bonds is 6. The minimum Gasteiger partial charge on any atom is -0.353 e. The van der Waals surface area contributed by atoms with E-state index in [9.17, 15) is 4.79 Å². The first-order chi connectivity index (χ1) is 12.0. The van der Waals surface area contributed by atoms with E-state index in [4.69, 9.17) is 11.6 Å². The number of carbonyl (C=O) groups excluding carboxylic acids is 1. The van der Waals surface area contributed by atoms with Crippen LogP contribution in [0.2, 0.25) is 5.02 Å². The molecule has 1 atom stereocenters. The Balaban J connectivity index is 1.76. The fourth-order valence-corrected chi connectivity index (χ4v) is 5.03. The Labute approximate surface area is 159 Å². The third kappa shape index (κ3) is 3.76. The lowest BCUT2D eigenvalue weighted by molar-refractivity contribution is -0.126. The van der Waals surface area contributed by atoms with Gasteiger partial charge in [0.1, 0.15) is 0 Å². The molecule has 1 aliphatic rings. The van der Waals surface area contributed by atoms with Crippen molar-refractivity contribution in [3.8, 4) is 0 Å². The summed E-state index contributed by atoms with van der Waals surface area (Å²) in [5.74, 6) is 0.159. The van der Waals surface area contributed by atoms with Crippen molar-refractivity contribution in [1.82, 2.24) is 10.2 Å². The average molecular weight is 377 g/mol. The Hall–Kier alpha value is -1.36. The minimum absolute atomic E-state index is 0.0550. The number of amides is 1. The third-order valence-corrected chi connectivity index (χ3v) is 6.65. The number of nitrogens with one attached hydrogen (secondary N) is 1. The standard InChI is InChI=1S/C20H25ClN2OS/c1-23(2)17(15-8-3-4-9-16(15)21)14-22-19(24)20(11-5-6-12-20)18-10-7-13-25-18/h3-4,7-10,13,17H,5-6,11-12,14H2,1-2H3,(H,22,24)/t17-/m1/s1. The van der Waals surface area contributed by atoms with Crippen LogP contribution in [-0.2, 0) is 10.2 Å². The zero-order chi connectivity index (χ0) is 17.9. The molecule has 1 heterocycles. The molecular formula is C20H25ClN2OS. The molecule has 3 rings (SSSR count). The summed E-state index contributed by atoms with van der Waals surface area (Å²) in [7, 11) is 4.04. The van der Waals surface area contributed by atoms with Crippen molar-refractivity contribution in [3.05, 3.63) is 57.2 Å². The van der Waals surface area contributed by atoms with E-state index < -0.39 is 0 Å². The highest BCUT2D eigenvalue weighted by Gasteiger charge is 2.43. The Kier molecular flexibility index (Phi) is 5.82. The smallest absolute Gasteiger partial charge is 0.231 e. The molecule has 3 nitrogen and oxygen atoms in total. The molecule has 0 unspecified atom stereocenters. The second-order valence-corrected chi connectivity index (χ2v) is 8.33. The molecule has 0 bridgehead atoms. The fourth-order valence-electron chi connectivity index (χ4n) is 3.79. The summed E-state index contributed by atoms with van der Waals surface area (Å²) in [4.78, 5) is 16.5. The normalized spacial score (nSPS) is 17.6. The van der Waals surface area contributed by atoms with Crippen molar-refractivity contribution in [2.75, 3.05) is 20.6 Å². The van der Waals surface area contributed by atoms with Crippen molar-refractivity contribution < 1.29 is 4.79 Å². The van der Waals surface area contributed by atoms with Gasteiger partial charge in [0, 0.05) is 16.4 Å². The highest BCUT2D eigenvalue weighted by atomic mass is 35.5. The lowest BCUT2D eigenvalue weighted by atomic mass is 9.83. The van der Waals surface area contributed by atoms with Crippen molar-refractivity contribution in [2.45, 2.75) is 37.1 Å². The molecule has 0 saturated heterocycles. The molecule has 1 fully saturated rings. The van der Waals surface area contributed by atoms with Gasteiger partial charge in [0.15, 0.2) is 0 Å². The molecule has 1 aliphatic carbocycles. The zero-order valence-electron chi connectivity index (χ0n) is 14.8. The van der Waals surface area contributed by atoms with Gasteiger partial charge in [-0.2, -0.15) is 0 Å². The Bertz CT molecular complexity index is 708. The molecule has 1 aromatic heterocycles. The van der Waals surface area contributed by atoms with Crippen LogP contribution in [0, 0.1) is 0 Å². The lowest BCUT2D eigenvalue weighted by Crippen LogP contribution is -2.45. The minimum atomic E-state index is -0.342. The first-order valence-corrected chi connectivity index (χ1v) is 10.0. The molecule has 0 spiro atoms. The molecule has 1 N–H and O–H groups in total. The molecular weight excluding hydrogens is 352 g/mol. The summed E-state index contributed by atoms with van der Waals surface area (Å²) in [6, 6.07) is 12.1. The molecule has 0 aliphatic heterocycles. The predicted molar refractivity (Wildman–Crippen MR) is 105 cm³/mol. The van der Waals surface area contributed by atoms with E-state index in [0.29, 0.717) is 6.54 Å². The molecule has 2 aromatic rings. The van der Waals surface area contributed by atoms with E-state index in [0.717, 1.165) is 36.3 Å². The third-order valence-electron chi connectivity index (χ3n) is 5.23. The Morgan fingerprint density at radius 2 is 1.96 bits per heavy atom. The van der Waals surface area contributed by atoms with Crippen molar-refractivity contribution in [2.24, 2.45) is 0 Å². The van der Waals surface area contributed by atoms with E-state index in [1.807, 2.05) is 44.4 Å². The SMILES string of the molecule is CN(C)[C@H](CNC(=O)C1(c2cccs2)CCCC1)c1ccccc1Cl. The van der Waals surface area contributed by atoms with Gasteiger partial charge in [-0.25, -0.2) is 0 Å². The molecule has 25 heavy (non-hydrogen) atoms. The summed E-state index contributed by atoms with van der Waals surface area (Å²) in [5.41, 5.74) is 0.706. The average Bonchev–Trinajstić information content (AvgIpc) is 3.28. The quantitative estimate of drug-likeness (QED) is 0.796. The summed E-state index contributed by atoms with van der Waals surface area (Å²) >= 11 is 8.07. The molecule has 5 heteroatoms. The molecule has 1 saturated carbocycles. The van der Waals surface area contributed by atoms with Crippen LogP contribution >= 0.6 is 22.9 Å². The summed E-state index contributed by atoms with van der Waals surface area (Å²) in [6.45, 7) is 0.558. The van der Waals surface area contributed by atoms with Gasteiger partial charge in [-0.3, -0.25) is 4.79 Å². The number of benzene rings is 1. The van der Waals surface area contributed by atoms with E-state index in [-0.39, 0.29) is 17.4 Å². The van der Waals surface area contributed by atoms with Crippen molar-refractivity contribution in [3.63, 3.8) is 0 Å². The molecule has 1 amide bonds. The van der Waals surface area contributed by atoms with E-state index in [1.54, 1.807) is 11.3 Å². The second-order valence-electron chi connectivity index (χ2n) is 6.98. The number of halogens is 1. The van der Waals surface area contributed by atoms with Crippen molar-refractivity contribution >= 4 is 28.8 Å². The van der Waals surface area contributed by atoms with Crippen LogP contribution in [-0.4, -0.2) is 31.4 Å². The number of thiophene rings is 1. The largest absolute Gasteiger partial charge is 0.353 e. The summed E-state index contributed by atoms with van der Waals surface area (Å²) in [5, 5.41) is 6.03. The van der Waals surface area contributed by atoms with Gasteiger partial charge in [-0.15, -0.1) is 11.3 Å². The molecule has 1 aromatic carbocycles. The number of likely N-dealkylation sites (N-methyl/N-ethyl adjacent to an activating group) is 1. The summed E-state index contributed by atoms with van der Waals surface area (Å²) < 4.78 is 0. The van der Waals surface area contributed by atoms with Crippen LogP contribution < -0.4 is 5.32 Å². The first-order valence-electron chi connectivity index (χ1n) is 8.78. The van der Waals surface area contributed by atoms with Gasteiger partial charge < -0.3 is 10.2 Å². The fraction of sp³-hybridized carbons (Fsp3) is 0.450. The first kappa shape index (κ1) is 18.4. The summed E-state index contributed by atoms with van der Waals surface area (Å²) in [6.07, 6.45) is 4.12.